The summed E-state index contributed by atoms with van der Waals surface area (Å²) in [5, 5.41) is 10.4. The molecule has 0 saturated heterocycles. The van der Waals surface area contributed by atoms with E-state index in [-0.39, 0.29) is 17.5 Å². The normalized spacial score (nSPS) is 16.1. The standard InChI is InChI=1S/C20H19NO4/c1-10(2)15-7-13-12-6-4-5-11(3)18(12)25-19(13)16-8-17(22)14(20(23)24)9-21(15)16/h4-6,8-10,15H,7H2,1-3H3,(H,23,24). The molecule has 4 rings (SSSR count). The zero-order valence-electron chi connectivity index (χ0n) is 14.4. The molecule has 0 saturated carbocycles. The Morgan fingerprint density at radius 2 is 2.12 bits per heavy atom. The molecule has 0 aliphatic carbocycles. The minimum atomic E-state index is -1.20. The highest BCUT2D eigenvalue weighted by Gasteiger charge is 2.32. The van der Waals surface area contributed by atoms with Gasteiger partial charge in [0.05, 0.1) is 5.69 Å². The van der Waals surface area contributed by atoms with Crippen LogP contribution in [0.15, 0.2) is 39.7 Å². The van der Waals surface area contributed by atoms with E-state index in [1.807, 2.05) is 29.7 Å². The highest BCUT2D eigenvalue weighted by atomic mass is 16.4. The number of furan rings is 1. The first-order chi connectivity index (χ1) is 11.9. The number of fused-ring (bicyclic) bond motifs is 5. The number of hydrogen-bond acceptors (Lipinski definition) is 3. The van der Waals surface area contributed by atoms with Gasteiger partial charge in [-0.1, -0.05) is 32.0 Å². The number of rotatable bonds is 2. The van der Waals surface area contributed by atoms with Crippen molar-refractivity contribution in [2.45, 2.75) is 33.2 Å². The summed E-state index contributed by atoms with van der Waals surface area (Å²) in [6.45, 7) is 6.20. The average Bonchev–Trinajstić information content (AvgIpc) is 2.93. The van der Waals surface area contributed by atoms with Crippen LogP contribution in [0.2, 0.25) is 0 Å². The highest BCUT2D eigenvalue weighted by Crippen LogP contribution is 2.43. The summed E-state index contributed by atoms with van der Waals surface area (Å²) >= 11 is 0. The van der Waals surface area contributed by atoms with Crippen LogP contribution >= 0.6 is 0 Å². The predicted octanol–water partition coefficient (Wildman–Crippen LogP) is 4.02. The Hall–Kier alpha value is -2.82. The zero-order chi connectivity index (χ0) is 17.9. The molecule has 1 aromatic carbocycles. The topological polar surface area (TPSA) is 72.4 Å². The van der Waals surface area contributed by atoms with Gasteiger partial charge in [0, 0.05) is 29.3 Å². The Labute approximate surface area is 144 Å². The maximum Gasteiger partial charge on any atom is 0.341 e. The van der Waals surface area contributed by atoms with E-state index in [0.717, 1.165) is 28.5 Å². The SMILES string of the molecule is Cc1cccc2c3c(oc12)-c1cc(=O)c(C(=O)O)cn1C(C(C)C)C3. The number of carbonyl (C=O) groups is 1. The largest absolute Gasteiger partial charge is 0.477 e. The zero-order valence-corrected chi connectivity index (χ0v) is 14.4. The molecule has 1 aliphatic heterocycles. The molecule has 1 unspecified atom stereocenters. The minimum absolute atomic E-state index is 0.0718. The summed E-state index contributed by atoms with van der Waals surface area (Å²) in [4.78, 5) is 23.6. The van der Waals surface area contributed by atoms with Gasteiger partial charge < -0.3 is 14.1 Å². The van der Waals surface area contributed by atoms with Crippen LogP contribution in [0.3, 0.4) is 0 Å². The lowest BCUT2D eigenvalue weighted by molar-refractivity contribution is 0.0694. The van der Waals surface area contributed by atoms with Crippen LogP contribution in [-0.2, 0) is 6.42 Å². The third-order valence-corrected chi connectivity index (χ3v) is 5.10. The number of carboxylic acids is 1. The van der Waals surface area contributed by atoms with Gasteiger partial charge >= 0.3 is 5.97 Å². The summed E-state index contributed by atoms with van der Waals surface area (Å²) in [7, 11) is 0. The fourth-order valence-corrected chi connectivity index (χ4v) is 3.75. The highest BCUT2D eigenvalue weighted by molar-refractivity contribution is 5.91. The van der Waals surface area contributed by atoms with Gasteiger partial charge in [-0.3, -0.25) is 4.79 Å². The third-order valence-electron chi connectivity index (χ3n) is 5.10. The van der Waals surface area contributed by atoms with Crippen LogP contribution < -0.4 is 5.43 Å². The second-order valence-corrected chi connectivity index (χ2v) is 7.03. The maximum absolute atomic E-state index is 12.3. The summed E-state index contributed by atoms with van der Waals surface area (Å²) in [6.07, 6.45) is 2.21. The lowest BCUT2D eigenvalue weighted by Crippen LogP contribution is -2.27. The molecule has 0 fully saturated rings. The van der Waals surface area contributed by atoms with Gasteiger partial charge in [-0.2, -0.15) is 0 Å². The molecule has 2 aromatic heterocycles. The Morgan fingerprint density at radius 1 is 1.36 bits per heavy atom. The van der Waals surface area contributed by atoms with Crippen molar-refractivity contribution in [2.24, 2.45) is 5.92 Å². The van der Waals surface area contributed by atoms with Crippen LogP contribution in [-0.4, -0.2) is 15.6 Å². The first-order valence-corrected chi connectivity index (χ1v) is 8.39. The van der Waals surface area contributed by atoms with Gasteiger partial charge in [0.25, 0.3) is 0 Å². The van der Waals surface area contributed by atoms with Crippen LogP contribution in [0.25, 0.3) is 22.4 Å². The van der Waals surface area contributed by atoms with Gasteiger partial charge in [-0.15, -0.1) is 0 Å². The van der Waals surface area contributed by atoms with E-state index < -0.39 is 11.4 Å². The third kappa shape index (κ3) is 2.22. The number of nitrogens with zero attached hydrogens (tertiary/aromatic N) is 1. The molecule has 5 heteroatoms. The molecule has 0 radical (unpaired) electrons. The molecule has 0 spiro atoms. The fourth-order valence-electron chi connectivity index (χ4n) is 3.75. The van der Waals surface area contributed by atoms with Crippen molar-refractivity contribution in [1.29, 1.82) is 0 Å². The van der Waals surface area contributed by atoms with Crippen molar-refractivity contribution in [1.82, 2.24) is 4.57 Å². The number of aromatic carboxylic acids is 1. The molecule has 1 N–H and O–H groups in total. The number of pyridine rings is 1. The lowest BCUT2D eigenvalue weighted by atomic mass is 9.89. The van der Waals surface area contributed by atoms with Crippen molar-refractivity contribution in [3.8, 4) is 11.5 Å². The van der Waals surface area contributed by atoms with E-state index >= 15 is 0 Å². The summed E-state index contributed by atoms with van der Waals surface area (Å²) in [6, 6.07) is 7.52. The Morgan fingerprint density at radius 3 is 2.80 bits per heavy atom. The molecule has 128 valence electrons. The Balaban J connectivity index is 2.08. The number of aromatic nitrogens is 1. The number of para-hydroxylation sites is 1. The van der Waals surface area contributed by atoms with Gasteiger partial charge in [0.15, 0.2) is 11.2 Å². The van der Waals surface area contributed by atoms with Crippen molar-refractivity contribution >= 4 is 16.9 Å². The predicted molar refractivity (Wildman–Crippen MR) is 95.2 cm³/mol. The van der Waals surface area contributed by atoms with Crippen LogP contribution in [0, 0.1) is 12.8 Å². The molecule has 0 bridgehead atoms. The van der Waals surface area contributed by atoms with E-state index in [4.69, 9.17) is 4.42 Å². The van der Waals surface area contributed by atoms with Crippen molar-refractivity contribution in [2.75, 3.05) is 0 Å². The first kappa shape index (κ1) is 15.7. The lowest BCUT2D eigenvalue weighted by Gasteiger charge is -2.31. The minimum Gasteiger partial charge on any atom is -0.477 e. The van der Waals surface area contributed by atoms with Crippen LogP contribution in [0.5, 0.6) is 0 Å². The van der Waals surface area contributed by atoms with E-state index in [1.165, 1.54) is 12.3 Å². The van der Waals surface area contributed by atoms with Crippen molar-refractivity contribution in [3.63, 3.8) is 0 Å². The quantitative estimate of drug-likeness (QED) is 0.766. The van der Waals surface area contributed by atoms with E-state index in [1.54, 1.807) is 0 Å². The first-order valence-electron chi connectivity index (χ1n) is 8.39. The Bertz CT molecular complexity index is 1070. The Kier molecular flexibility index (Phi) is 3.35. The molecule has 1 aliphatic rings. The monoisotopic (exact) mass is 337 g/mol. The fraction of sp³-hybridized carbons (Fsp3) is 0.300. The molecular weight excluding hydrogens is 318 g/mol. The average molecular weight is 337 g/mol. The number of benzene rings is 1. The maximum atomic E-state index is 12.3. The van der Waals surface area contributed by atoms with Crippen molar-refractivity contribution < 1.29 is 14.3 Å². The van der Waals surface area contributed by atoms with E-state index in [9.17, 15) is 14.7 Å². The van der Waals surface area contributed by atoms with Gasteiger partial charge in [-0.25, -0.2) is 4.79 Å². The number of aryl methyl sites for hydroxylation is 1. The van der Waals surface area contributed by atoms with Gasteiger partial charge in [0.2, 0.25) is 0 Å². The molecule has 3 aromatic rings. The van der Waals surface area contributed by atoms with Crippen molar-refractivity contribution in [3.05, 3.63) is 57.4 Å². The molecule has 25 heavy (non-hydrogen) atoms. The summed E-state index contributed by atoms with van der Waals surface area (Å²) in [5.74, 6) is -0.241. The summed E-state index contributed by atoms with van der Waals surface area (Å²) < 4.78 is 8.02. The molecule has 1 atom stereocenters. The smallest absolute Gasteiger partial charge is 0.341 e. The molecule has 5 nitrogen and oxygen atoms in total. The number of carboxylic acid groups (broad SMARTS) is 1. The van der Waals surface area contributed by atoms with Crippen LogP contribution in [0.1, 0.15) is 41.4 Å². The van der Waals surface area contributed by atoms with E-state index in [2.05, 4.69) is 13.8 Å². The molecular formula is C20H19NO4. The molecule has 0 amide bonds. The van der Waals surface area contributed by atoms with E-state index in [0.29, 0.717) is 11.5 Å². The molecule has 3 heterocycles. The second kappa shape index (κ2) is 5.34. The van der Waals surface area contributed by atoms with Gasteiger partial charge in [0.1, 0.15) is 11.1 Å². The van der Waals surface area contributed by atoms with Gasteiger partial charge in [-0.05, 0) is 24.8 Å². The second-order valence-electron chi connectivity index (χ2n) is 7.03. The number of hydrogen-bond donors (Lipinski definition) is 1. The van der Waals surface area contributed by atoms with Crippen LogP contribution in [0.4, 0.5) is 0 Å². The summed E-state index contributed by atoms with van der Waals surface area (Å²) in [5.41, 5.74) is 2.93.